The molecule has 1 aliphatic rings. The first kappa shape index (κ1) is 14.1. The Balaban J connectivity index is 2.03. The van der Waals surface area contributed by atoms with Gasteiger partial charge in [0.1, 0.15) is 0 Å². The third-order valence-electron chi connectivity index (χ3n) is 3.80. The molecule has 0 atom stereocenters. The van der Waals surface area contributed by atoms with E-state index >= 15 is 0 Å². The van der Waals surface area contributed by atoms with Crippen LogP contribution >= 0.6 is 11.6 Å². The monoisotopic (exact) mass is 303 g/mol. The van der Waals surface area contributed by atoms with Gasteiger partial charge in [0, 0.05) is 18.1 Å². The van der Waals surface area contributed by atoms with Crippen LogP contribution < -0.4 is 0 Å². The summed E-state index contributed by atoms with van der Waals surface area (Å²) in [5.74, 6) is 0.300. The van der Waals surface area contributed by atoms with Gasteiger partial charge in [-0.1, -0.05) is 25.4 Å². The van der Waals surface area contributed by atoms with Crippen LogP contribution in [0, 0.1) is 0 Å². The van der Waals surface area contributed by atoms with Crippen LogP contribution in [0.4, 0.5) is 0 Å². The summed E-state index contributed by atoms with van der Waals surface area (Å²) in [5, 5.41) is 5.11. The van der Waals surface area contributed by atoms with Crippen molar-refractivity contribution in [3.63, 3.8) is 0 Å². The van der Waals surface area contributed by atoms with Gasteiger partial charge in [0.05, 0.1) is 23.1 Å². The number of benzene rings is 1. The van der Waals surface area contributed by atoms with Crippen LogP contribution in [0.15, 0.2) is 30.5 Å². The highest BCUT2D eigenvalue weighted by atomic mass is 35.5. The van der Waals surface area contributed by atoms with Gasteiger partial charge < -0.3 is 4.90 Å². The number of amides is 1. The molecule has 0 unspecified atom stereocenters. The molecule has 21 heavy (non-hydrogen) atoms. The van der Waals surface area contributed by atoms with Crippen molar-refractivity contribution in [2.45, 2.75) is 26.2 Å². The molecular weight excluding hydrogens is 286 g/mol. The second-order valence-corrected chi connectivity index (χ2v) is 6.07. The smallest absolute Gasteiger partial charge is 0.257 e. The molecule has 0 spiro atoms. The average molecular weight is 304 g/mol. The number of carbonyl (C=O) groups excluding carboxylic acids is 1. The fourth-order valence-corrected chi connectivity index (χ4v) is 2.68. The lowest BCUT2D eigenvalue weighted by Crippen LogP contribution is -2.42. The quantitative estimate of drug-likeness (QED) is 0.870. The second kappa shape index (κ2) is 5.53. The number of hydrogen-bond donors (Lipinski definition) is 0. The van der Waals surface area contributed by atoms with Gasteiger partial charge in [0.2, 0.25) is 0 Å². The van der Waals surface area contributed by atoms with E-state index in [0.29, 0.717) is 10.6 Å². The number of nitrogens with zero attached hydrogens (tertiary/aromatic N) is 3. The third-order valence-corrected chi connectivity index (χ3v) is 4.05. The largest absolute Gasteiger partial charge is 0.338 e. The number of hydrogen-bond acceptors (Lipinski definition) is 2. The van der Waals surface area contributed by atoms with Crippen molar-refractivity contribution in [3.8, 4) is 5.69 Å². The van der Waals surface area contributed by atoms with Crippen molar-refractivity contribution < 1.29 is 4.79 Å². The number of halogens is 1. The Kier molecular flexibility index (Phi) is 3.72. The van der Waals surface area contributed by atoms with Crippen LogP contribution in [0.1, 0.15) is 42.2 Å². The van der Waals surface area contributed by atoms with Crippen molar-refractivity contribution in [1.82, 2.24) is 14.7 Å². The molecule has 1 aliphatic heterocycles. The molecule has 0 saturated carbocycles. The highest BCUT2D eigenvalue weighted by molar-refractivity contribution is 6.30. The van der Waals surface area contributed by atoms with Gasteiger partial charge in [-0.25, -0.2) is 4.68 Å². The van der Waals surface area contributed by atoms with Crippen LogP contribution in [0.2, 0.25) is 5.02 Å². The Labute approximate surface area is 129 Å². The molecule has 110 valence electrons. The van der Waals surface area contributed by atoms with Gasteiger partial charge in [-0.15, -0.1) is 0 Å². The van der Waals surface area contributed by atoms with Crippen LogP contribution in [-0.2, 0) is 0 Å². The first-order valence-electron chi connectivity index (χ1n) is 7.21. The van der Waals surface area contributed by atoms with Gasteiger partial charge in [-0.05, 0) is 36.6 Å². The third kappa shape index (κ3) is 2.56. The molecule has 2 aromatic rings. The van der Waals surface area contributed by atoms with E-state index in [1.165, 1.54) is 0 Å². The topological polar surface area (TPSA) is 38.1 Å². The molecular formula is C16H18ClN3O. The molecule has 1 aromatic carbocycles. The molecule has 0 radical (unpaired) electrons. The first-order chi connectivity index (χ1) is 10.1. The predicted molar refractivity (Wildman–Crippen MR) is 83.2 cm³/mol. The molecule has 1 amide bonds. The lowest BCUT2D eigenvalue weighted by molar-refractivity contribution is 0.0650. The van der Waals surface area contributed by atoms with Crippen molar-refractivity contribution >= 4 is 17.5 Å². The van der Waals surface area contributed by atoms with Gasteiger partial charge >= 0.3 is 0 Å². The zero-order valence-electron chi connectivity index (χ0n) is 12.2. The summed E-state index contributed by atoms with van der Waals surface area (Å²) in [6.07, 6.45) is 2.78. The van der Waals surface area contributed by atoms with Gasteiger partial charge in [-0.3, -0.25) is 4.79 Å². The van der Waals surface area contributed by atoms with Crippen molar-refractivity contribution in [1.29, 1.82) is 0 Å². The van der Waals surface area contributed by atoms with E-state index in [1.54, 1.807) is 6.20 Å². The molecule has 4 nitrogen and oxygen atoms in total. The SMILES string of the molecule is CC(C)c1c(C(=O)N2CCC2)cnn1-c1ccc(Cl)cc1. The Hall–Kier alpha value is -1.81. The van der Waals surface area contributed by atoms with Crippen molar-refractivity contribution in [2.75, 3.05) is 13.1 Å². The van der Waals surface area contributed by atoms with E-state index in [1.807, 2.05) is 33.8 Å². The molecule has 0 bridgehead atoms. The minimum atomic E-state index is 0.0881. The second-order valence-electron chi connectivity index (χ2n) is 5.63. The zero-order chi connectivity index (χ0) is 15.0. The Bertz CT molecular complexity index is 657. The standard InChI is InChI=1S/C16H18ClN3O/c1-11(2)15-14(16(21)19-8-3-9-19)10-18-20(15)13-6-4-12(17)5-7-13/h4-7,10-11H,3,8-9H2,1-2H3. The maximum Gasteiger partial charge on any atom is 0.257 e. The number of likely N-dealkylation sites (tertiary alicyclic amines) is 1. The first-order valence-corrected chi connectivity index (χ1v) is 7.59. The van der Waals surface area contributed by atoms with E-state index in [2.05, 4.69) is 18.9 Å². The lowest BCUT2D eigenvalue weighted by Gasteiger charge is -2.31. The maximum atomic E-state index is 12.5. The van der Waals surface area contributed by atoms with Crippen LogP contribution in [0.3, 0.4) is 0 Å². The van der Waals surface area contributed by atoms with Gasteiger partial charge in [0.15, 0.2) is 0 Å². The molecule has 5 heteroatoms. The van der Waals surface area contributed by atoms with Crippen LogP contribution in [-0.4, -0.2) is 33.7 Å². The molecule has 2 heterocycles. The minimum Gasteiger partial charge on any atom is -0.338 e. The van der Waals surface area contributed by atoms with Crippen molar-refractivity contribution in [2.24, 2.45) is 0 Å². The van der Waals surface area contributed by atoms with Crippen LogP contribution in [0.5, 0.6) is 0 Å². The Morgan fingerprint density at radius 2 is 1.90 bits per heavy atom. The number of aromatic nitrogens is 2. The minimum absolute atomic E-state index is 0.0881. The summed E-state index contributed by atoms with van der Waals surface area (Å²) in [4.78, 5) is 14.4. The highest BCUT2D eigenvalue weighted by Gasteiger charge is 2.27. The van der Waals surface area contributed by atoms with Crippen LogP contribution in [0.25, 0.3) is 5.69 Å². The highest BCUT2D eigenvalue weighted by Crippen LogP contribution is 2.26. The predicted octanol–water partition coefficient (Wildman–Crippen LogP) is 3.50. The summed E-state index contributed by atoms with van der Waals surface area (Å²) in [7, 11) is 0. The summed E-state index contributed by atoms with van der Waals surface area (Å²) in [5.41, 5.74) is 2.58. The summed E-state index contributed by atoms with van der Waals surface area (Å²) < 4.78 is 1.84. The zero-order valence-corrected chi connectivity index (χ0v) is 13.0. The van der Waals surface area contributed by atoms with E-state index in [-0.39, 0.29) is 11.8 Å². The average Bonchev–Trinajstić information content (AvgIpc) is 2.82. The Morgan fingerprint density at radius 1 is 1.24 bits per heavy atom. The molecule has 1 fully saturated rings. The fourth-order valence-electron chi connectivity index (χ4n) is 2.56. The van der Waals surface area contributed by atoms with E-state index in [9.17, 15) is 4.79 Å². The molecule has 0 N–H and O–H groups in total. The molecule has 3 rings (SSSR count). The number of carbonyl (C=O) groups is 1. The molecule has 1 aromatic heterocycles. The van der Waals surface area contributed by atoms with Crippen molar-refractivity contribution in [3.05, 3.63) is 46.7 Å². The van der Waals surface area contributed by atoms with Gasteiger partial charge in [0.25, 0.3) is 5.91 Å². The normalized spacial score (nSPS) is 14.4. The lowest BCUT2D eigenvalue weighted by atomic mass is 10.0. The van der Waals surface area contributed by atoms with E-state index < -0.39 is 0 Å². The summed E-state index contributed by atoms with van der Waals surface area (Å²) in [6, 6.07) is 7.50. The fraction of sp³-hybridized carbons (Fsp3) is 0.375. The molecule has 0 aliphatic carbocycles. The summed E-state index contributed by atoms with van der Waals surface area (Å²) in [6.45, 7) is 5.86. The maximum absolute atomic E-state index is 12.5. The number of rotatable bonds is 3. The van der Waals surface area contributed by atoms with E-state index in [0.717, 1.165) is 30.9 Å². The van der Waals surface area contributed by atoms with E-state index in [4.69, 9.17) is 11.6 Å². The summed E-state index contributed by atoms with van der Waals surface area (Å²) >= 11 is 5.93. The molecule has 1 saturated heterocycles. The Morgan fingerprint density at radius 3 is 2.43 bits per heavy atom. The van der Waals surface area contributed by atoms with Gasteiger partial charge in [-0.2, -0.15) is 5.10 Å².